The van der Waals surface area contributed by atoms with Crippen LogP contribution in [0.15, 0.2) is 22.8 Å². The predicted octanol–water partition coefficient (Wildman–Crippen LogP) is 5.90. The average molecular weight is 485 g/mol. The normalized spacial score (nSPS) is 41.8. The highest BCUT2D eigenvalue weighted by molar-refractivity contribution is 6.01. The summed E-state index contributed by atoms with van der Waals surface area (Å²) in [5.74, 6) is 0.131. The number of carboxylic acid groups (broad SMARTS) is 1. The van der Waals surface area contributed by atoms with E-state index < -0.39 is 22.9 Å². The summed E-state index contributed by atoms with van der Waals surface area (Å²) in [6, 6.07) is 0. The third-order valence-corrected chi connectivity index (χ3v) is 11.5. The van der Waals surface area contributed by atoms with Crippen molar-refractivity contribution in [2.24, 2.45) is 39.4 Å². The van der Waals surface area contributed by atoms with Crippen LogP contribution in [0.1, 0.15) is 99.8 Å². The zero-order valence-electron chi connectivity index (χ0n) is 22.7. The summed E-state index contributed by atoms with van der Waals surface area (Å²) in [6.07, 6.45) is 6.92. The van der Waals surface area contributed by atoms with E-state index in [0.29, 0.717) is 37.2 Å². The third-order valence-electron chi connectivity index (χ3n) is 11.5. The molecule has 5 nitrogen and oxygen atoms in total. The Morgan fingerprint density at radius 3 is 2.40 bits per heavy atom. The Balaban J connectivity index is 1.71. The summed E-state index contributed by atoms with van der Waals surface area (Å²) >= 11 is 0. The van der Waals surface area contributed by atoms with Gasteiger partial charge in [0.05, 0.1) is 6.10 Å². The molecule has 5 heteroatoms. The molecule has 0 heterocycles. The number of aliphatic hydroxyl groups is 1. The molecule has 2 saturated carbocycles. The highest BCUT2D eigenvalue weighted by Gasteiger charge is 2.68. The second kappa shape index (κ2) is 8.39. The second-order valence-corrected chi connectivity index (χ2v) is 13.3. The maximum atomic E-state index is 13.9. The van der Waals surface area contributed by atoms with Gasteiger partial charge in [0, 0.05) is 40.2 Å². The van der Waals surface area contributed by atoms with Crippen molar-refractivity contribution < 1.29 is 24.6 Å². The van der Waals surface area contributed by atoms with Crippen molar-refractivity contribution in [2.45, 2.75) is 106 Å². The van der Waals surface area contributed by atoms with E-state index >= 15 is 0 Å². The summed E-state index contributed by atoms with van der Waals surface area (Å²) < 4.78 is 0. The maximum absolute atomic E-state index is 13.9. The molecule has 4 aliphatic carbocycles. The molecule has 0 bridgehead atoms. The van der Waals surface area contributed by atoms with Gasteiger partial charge in [0.25, 0.3) is 0 Å². The Morgan fingerprint density at radius 2 is 1.77 bits per heavy atom. The fraction of sp³-hybridized carbons (Fsp3) is 0.767. The number of aliphatic hydroxyl groups excluding tert-OH is 1. The lowest BCUT2D eigenvalue weighted by Gasteiger charge is -2.61. The molecule has 194 valence electrons. The molecule has 0 aromatic heterocycles. The SMILES string of the molecule is C/C(=C\CC[C@@H](C)[C@H]1CC[C@@]2(C)C3=C(C[C@@H](O)[C@]12C)[C@@]1(C)CCC(=O)C(C)(C)[C@@H]1CC3=O)C(=O)O. The Kier molecular flexibility index (Phi) is 6.31. The molecule has 4 aliphatic rings. The molecule has 2 N–H and O–H groups in total. The van der Waals surface area contributed by atoms with E-state index in [1.165, 1.54) is 0 Å². The molecule has 0 amide bonds. The largest absolute Gasteiger partial charge is 0.478 e. The van der Waals surface area contributed by atoms with Crippen LogP contribution < -0.4 is 0 Å². The molecule has 0 spiro atoms. The summed E-state index contributed by atoms with van der Waals surface area (Å²) in [5.41, 5.74) is 0.942. The van der Waals surface area contributed by atoms with E-state index in [1.54, 1.807) is 13.0 Å². The number of hydrogen-bond acceptors (Lipinski definition) is 4. The van der Waals surface area contributed by atoms with Crippen molar-refractivity contribution in [1.29, 1.82) is 0 Å². The zero-order valence-corrected chi connectivity index (χ0v) is 22.7. The van der Waals surface area contributed by atoms with Crippen molar-refractivity contribution in [1.82, 2.24) is 0 Å². The summed E-state index contributed by atoms with van der Waals surface area (Å²) in [4.78, 5) is 37.8. The molecule has 0 aromatic carbocycles. The van der Waals surface area contributed by atoms with E-state index in [-0.39, 0.29) is 34.2 Å². The van der Waals surface area contributed by atoms with Gasteiger partial charge in [-0.3, -0.25) is 9.59 Å². The van der Waals surface area contributed by atoms with Crippen LogP contribution in [0.5, 0.6) is 0 Å². The van der Waals surface area contributed by atoms with Gasteiger partial charge in [0.2, 0.25) is 0 Å². The standard InChI is InChI=1S/C30H44O5/c1-17(9-8-10-18(2)26(34)35)19-11-14-29(6)25-20(15-24(33)30(19,29)7)28(5)13-12-23(32)27(3,4)22(28)16-21(25)31/h10,17,19,22,24,33H,8-9,11-16H2,1-7H3,(H,34,35)/b18-10+/t17-,19-,22+,24-,28-,29+,30+/m1/s1. The van der Waals surface area contributed by atoms with Gasteiger partial charge in [0.1, 0.15) is 5.78 Å². The molecule has 4 rings (SSSR count). The first-order chi connectivity index (χ1) is 16.1. The lowest BCUT2D eigenvalue weighted by Crippen LogP contribution is -2.59. The summed E-state index contributed by atoms with van der Waals surface area (Å²) in [5, 5.41) is 21.0. The first kappa shape index (κ1) is 26.3. The number of Topliss-reactive ketones (excluding diaryl/α,β-unsaturated/α-hetero) is 2. The van der Waals surface area contributed by atoms with Gasteiger partial charge in [-0.1, -0.05) is 53.2 Å². The van der Waals surface area contributed by atoms with Gasteiger partial charge in [-0.2, -0.15) is 0 Å². The minimum atomic E-state index is -0.879. The number of aliphatic carboxylic acids is 1. The third kappa shape index (κ3) is 3.54. The second-order valence-electron chi connectivity index (χ2n) is 13.3. The topological polar surface area (TPSA) is 91.7 Å². The van der Waals surface area contributed by atoms with Crippen LogP contribution in [0.3, 0.4) is 0 Å². The minimum absolute atomic E-state index is 0.0111. The molecule has 0 saturated heterocycles. The van der Waals surface area contributed by atoms with Crippen LogP contribution in [0.25, 0.3) is 0 Å². The van der Waals surface area contributed by atoms with Gasteiger partial charge < -0.3 is 10.2 Å². The van der Waals surface area contributed by atoms with E-state index in [4.69, 9.17) is 5.11 Å². The van der Waals surface area contributed by atoms with Crippen LogP contribution in [-0.2, 0) is 14.4 Å². The number of fused-ring (bicyclic) bond motifs is 4. The molecular formula is C30H44O5. The van der Waals surface area contributed by atoms with Crippen LogP contribution in [-0.4, -0.2) is 33.9 Å². The number of carbonyl (C=O) groups is 3. The van der Waals surface area contributed by atoms with Gasteiger partial charge in [-0.15, -0.1) is 0 Å². The van der Waals surface area contributed by atoms with Crippen LogP contribution >= 0.6 is 0 Å². The molecule has 7 atom stereocenters. The van der Waals surface area contributed by atoms with E-state index in [2.05, 4.69) is 27.7 Å². The van der Waals surface area contributed by atoms with Gasteiger partial charge in [-0.05, 0) is 68.6 Å². The highest BCUT2D eigenvalue weighted by Crippen LogP contribution is 2.71. The molecule has 35 heavy (non-hydrogen) atoms. The molecule has 2 fully saturated rings. The van der Waals surface area contributed by atoms with E-state index in [0.717, 1.165) is 36.8 Å². The number of rotatable bonds is 5. The van der Waals surface area contributed by atoms with Crippen LogP contribution in [0.2, 0.25) is 0 Å². The number of allylic oxidation sites excluding steroid dienone is 2. The number of carboxylic acids is 1. The molecule has 0 radical (unpaired) electrons. The summed E-state index contributed by atoms with van der Waals surface area (Å²) in [7, 11) is 0. The summed E-state index contributed by atoms with van der Waals surface area (Å²) in [6.45, 7) is 14.5. The molecule has 0 aromatic rings. The maximum Gasteiger partial charge on any atom is 0.330 e. The molecular weight excluding hydrogens is 440 g/mol. The Morgan fingerprint density at radius 1 is 1.11 bits per heavy atom. The van der Waals surface area contributed by atoms with Crippen molar-refractivity contribution in [2.75, 3.05) is 0 Å². The highest BCUT2D eigenvalue weighted by atomic mass is 16.4. The average Bonchev–Trinajstić information content (AvgIpc) is 3.06. The fourth-order valence-electron chi connectivity index (χ4n) is 8.98. The molecule has 0 unspecified atom stereocenters. The van der Waals surface area contributed by atoms with Crippen molar-refractivity contribution in [3.05, 3.63) is 22.8 Å². The van der Waals surface area contributed by atoms with Gasteiger partial charge >= 0.3 is 5.97 Å². The number of carbonyl (C=O) groups excluding carboxylic acids is 2. The fourth-order valence-corrected chi connectivity index (χ4v) is 8.98. The van der Waals surface area contributed by atoms with Crippen molar-refractivity contribution in [3.63, 3.8) is 0 Å². The first-order valence-electron chi connectivity index (χ1n) is 13.5. The monoisotopic (exact) mass is 484 g/mol. The Labute approximate surface area is 210 Å². The van der Waals surface area contributed by atoms with Crippen molar-refractivity contribution in [3.8, 4) is 0 Å². The molecule has 0 aliphatic heterocycles. The van der Waals surface area contributed by atoms with E-state index in [9.17, 15) is 19.5 Å². The van der Waals surface area contributed by atoms with Gasteiger partial charge in [0.15, 0.2) is 5.78 Å². The van der Waals surface area contributed by atoms with Crippen LogP contribution in [0.4, 0.5) is 0 Å². The quantitative estimate of drug-likeness (QED) is 0.474. The van der Waals surface area contributed by atoms with Crippen molar-refractivity contribution >= 4 is 17.5 Å². The van der Waals surface area contributed by atoms with Gasteiger partial charge in [-0.25, -0.2) is 4.79 Å². The van der Waals surface area contributed by atoms with Crippen LogP contribution in [0, 0.1) is 39.4 Å². The predicted molar refractivity (Wildman–Crippen MR) is 136 cm³/mol. The zero-order chi connectivity index (χ0) is 26.1. The lowest BCUT2D eigenvalue weighted by molar-refractivity contribution is -0.145. The minimum Gasteiger partial charge on any atom is -0.478 e. The Bertz CT molecular complexity index is 1020. The Hall–Kier alpha value is -1.75. The number of hydrogen-bond donors (Lipinski definition) is 2. The smallest absolute Gasteiger partial charge is 0.330 e. The first-order valence-corrected chi connectivity index (χ1v) is 13.5. The van der Waals surface area contributed by atoms with E-state index in [1.807, 2.05) is 13.8 Å². The lowest BCUT2D eigenvalue weighted by atomic mass is 9.42. The number of ketones is 2.